The summed E-state index contributed by atoms with van der Waals surface area (Å²) in [5, 5.41) is 14.4. The van der Waals surface area contributed by atoms with E-state index in [0.29, 0.717) is 36.6 Å². The van der Waals surface area contributed by atoms with Crippen LogP contribution >= 0.6 is 27.3 Å². The van der Waals surface area contributed by atoms with E-state index in [1.54, 1.807) is 25.4 Å². The molecule has 9 nitrogen and oxygen atoms in total. The number of piperidine rings is 1. The van der Waals surface area contributed by atoms with Crippen LogP contribution in [0.25, 0.3) is 0 Å². The molecule has 2 aliphatic rings. The molecule has 2 N–H and O–H groups in total. The number of likely N-dealkylation sites (tertiary alicyclic amines) is 1. The summed E-state index contributed by atoms with van der Waals surface area (Å²) in [7, 11) is 1.68. The minimum atomic E-state index is -1.04. The largest absolute Gasteiger partial charge is 0.480 e. The van der Waals surface area contributed by atoms with Gasteiger partial charge in [0.15, 0.2) is 10.8 Å². The molecule has 1 aromatic carbocycles. The highest BCUT2D eigenvalue weighted by Crippen LogP contribution is 2.22. The van der Waals surface area contributed by atoms with Crippen LogP contribution in [0.3, 0.4) is 0 Å². The number of aldehydes is 1. The minimum absolute atomic E-state index is 0.0935. The number of carbonyl (C=O) groups is 2. The van der Waals surface area contributed by atoms with E-state index in [4.69, 9.17) is 9.84 Å². The molecule has 2 aliphatic heterocycles. The van der Waals surface area contributed by atoms with Crippen molar-refractivity contribution in [2.24, 2.45) is 10.9 Å². The summed E-state index contributed by atoms with van der Waals surface area (Å²) in [6.07, 6.45) is 1.78. The van der Waals surface area contributed by atoms with Crippen LogP contribution in [0.15, 0.2) is 56.6 Å². The number of hydrogen-bond donors (Lipinski definition) is 2. The van der Waals surface area contributed by atoms with Gasteiger partial charge in [0.1, 0.15) is 24.9 Å². The first-order chi connectivity index (χ1) is 18.7. The predicted octanol–water partition coefficient (Wildman–Crippen LogP) is 3.95. The van der Waals surface area contributed by atoms with E-state index in [-0.39, 0.29) is 38.0 Å². The van der Waals surface area contributed by atoms with Crippen LogP contribution in [0.1, 0.15) is 18.4 Å². The van der Waals surface area contributed by atoms with Gasteiger partial charge in [-0.2, -0.15) is 0 Å². The lowest BCUT2D eigenvalue weighted by Gasteiger charge is -2.35. The number of hydrogen-bond acceptors (Lipinski definition) is 9. The molecular formula is C26H33BrF2N4O5S. The Morgan fingerprint density at radius 1 is 1.38 bits per heavy atom. The molecule has 0 radical (unpaired) electrons. The van der Waals surface area contributed by atoms with Crippen molar-refractivity contribution >= 4 is 45.4 Å². The lowest BCUT2D eigenvalue weighted by atomic mass is 9.97. The zero-order chi connectivity index (χ0) is 28.6. The van der Waals surface area contributed by atoms with Gasteiger partial charge in [-0.15, -0.1) is 11.3 Å². The summed E-state index contributed by atoms with van der Waals surface area (Å²) in [5.41, 5.74) is 1.24. The number of methoxy groups -OCH3 is 1. The average molecular weight is 632 g/mol. The summed E-state index contributed by atoms with van der Waals surface area (Å²) in [5.74, 6) is -0.732. The van der Waals surface area contributed by atoms with E-state index in [1.165, 1.54) is 23.5 Å². The van der Waals surface area contributed by atoms with Crippen LogP contribution in [-0.2, 0) is 19.1 Å². The zero-order valence-corrected chi connectivity index (χ0v) is 24.2. The topological polar surface area (TPSA) is 113 Å². The number of carbonyl (C=O) groups excluding carboxylic acids is 1. The molecule has 0 amide bonds. The number of nitrogens with zero attached hydrogens (tertiary/aromatic N) is 3. The molecule has 214 valence electrons. The van der Waals surface area contributed by atoms with Crippen LogP contribution in [0.5, 0.6) is 0 Å². The highest BCUT2D eigenvalue weighted by atomic mass is 79.9. The fraction of sp³-hybridized carbons (Fsp3) is 0.462. The zero-order valence-electron chi connectivity index (χ0n) is 21.8. The van der Waals surface area contributed by atoms with Crippen molar-refractivity contribution in [2.75, 3.05) is 53.1 Å². The van der Waals surface area contributed by atoms with Crippen molar-refractivity contribution in [3.05, 3.63) is 62.4 Å². The summed E-state index contributed by atoms with van der Waals surface area (Å²) >= 11 is 4.57. The van der Waals surface area contributed by atoms with E-state index in [0.717, 1.165) is 22.4 Å². The van der Waals surface area contributed by atoms with Crippen molar-refractivity contribution in [3.8, 4) is 0 Å². The van der Waals surface area contributed by atoms with Crippen LogP contribution in [0.4, 0.5) is 8.78 Å². The first kappa shape index (κ1) is 32.6. The molecule has 1 aromatic heterocycles. The first-order valence-electron chi connectivity index (χ1n) is 12.2. The number of halogens is 3. The normalized spacial score (nSPS) is 19.1. The molecular weight excluding hydrogens is 598 g/mol. The Bertz CT molecular complexity index is 1080. The van der Waals surface area contributed by atoms with Gasteiger partial charge in [0.05, 0.1) is 13.2 Å². The van der Waals surface area contributed by atoms with Crippen molar-refractivity contribution in [1.29, 1.82) is 0 Å². The predicted molar refractivity (Wildman–Crippen MR) is 149 cm³/mol. The minimum Gasteiger partial charge on any atom is -0.480 e. The number of carboxylic acid groups (broad SMARTS) is 1. The first-order valence-corrected chi connectivity index (χ1v) is 13.9. The maximum atomic E-state index is 14.2. The lowest BCUT2D eigenvalue weighted by molar-refractivity contribution is -0.143. The van der Waals surface area contributed by atoms with E-state index >= 15 is 0 Å². The number of carboxylic acids is 1. The van der Waals surface area contributed by atoms with Gasteiger partial charge >= 0.3 is 5.97 Å². The molecule has 2 atom stereocenters. The molecule has 13 heteroatoms. The Labute approximate surface area is 239 Å². The van der Waals surface area contributed by atoms with Gasteiger partial charge in [-0.05, 0) is 37.5 Å². The SMILES string of the molecule is CCOC.Fc1cccc(Br)c1.O=CC1=C(CN2CC(F)CC(COCC(=O)O)C2)NC(c2nccs2)=NC1. The van der Waals surface area contributed by atoms with Crippen LogP contribution in [-0.4, -0.2) is 92.4 Å². The molecule has 0 spiro atoms. The molecule has 0 saturated carbocycles. The fourth-order valence-corrected chi connectivity index (χ4v) is 4.68. The molecule has 0 aliphatic carbocycles. The van der Waals surface area contributed by atoms with Crippen molar-refractivity contribution < 1.29 is 33.0 Å². The van der Waals surface area contributed by atoms with E-state index in [2.05, 4.69) is 36.0 Å². The summed E-state index contributed by atoms with van der Waals surface area (Å²) in [6, 6.07) is 6.26. The summed E-state index contributed by atoms with van der Waals surface area (Å²) < 4.78 is 36.7. The molecule has 0 bridgehead atoms. The third-order valence-electron chi connectivity index (χ3n) is 5.44. The maximum absolute atomic E-state index is 14.2. The highest BCUT2D eigenvalue weighted by Gasteiger charge is 2.29. The Kier molecular flexibility index (Phi) is 15.0. The molecule has 39 heavy (non-hydrogen) atoms. The third-order valence-corrected chi connectivity index (χ3v) is 6.71. The number of aromatic nitrogens is 1. The van der Waals surface area contributed by atoms with Gasteiger partial charge in [0.25, 0.3) is 0 Å². The average Bonchev–Trinajstić information content (AvgIpc) is 3.44. The number of alkyl halides is 1. The quantitative estimate of drug-likeness (QED) is 0.401. The van der Waals surface area contributed by atoms with Crippen molar-refractivity contribution in [1.82, 2.24) is 15.2 Å². The number of nitrogens with one attached hydrogen (secondary N) is 1. The van der Waals surface area contributed by atoms with Gasteiger partial charge in [0, 0.05) is 60.7 Å². The number of rotatable bonds is 9. The number of thiazole rings is 1. The molecule has 1 saturated heterocycles. The number of aliphatic imine (C=N–C) groups is 1. The van der Waals surface area contributed by atoms with Crippen molar-refractivity contribution in [3.63, 3.8) is 0 Å². The van der Waals surface area contributed by atoms with Gasteiger partial charge < -0.3 is 19.9 Å². The smallest absolute Gasteiger partial charge is 0.329 e. The van der Waals surface area contributed by atoms with Crippen molar-refractivity contribution in [2.45, 2.75) is 19.5 Å². The van der Waals surface area contributed by atoms with E-state index in [1.807, 2.05) is 17.2 Å². The molecule has 1 fully saturated rings. The second-order valence-corrected chi connectivity index (χ2v) is 10.4. The van der Waals surface area contributed by atoms with Crippen LogP contribution < -0.4 is 5.32 Å². The van der Waals surface area contributed by atoms with Gasteiger partial charge in [-0.1, -0.05) is 22.0 Å². The Balaban J connectivity index is 0.000000368. The number of aliphatic carboxylic acids is 1. The lowest BCUT2D eigenvalue weighted by Crippen LogP contribution is -2.46. The highest BCUT2D eigenvalue weighted by molar-refractivity contribution is 9.10. The standard InChI is InChI=1S/C17H21FN4O4S.C6H4BrF.C3H8O/c18-13-3-11(9-26-10-15(24)25)5-22(6-13)7-14-12(8-23)4-20-16(21-14)17-19-1-2-27-17;7-5-2-1-3-6(8)4-5;1-3-4-2/h1-2,8,11,13H,3-7,9-10H2,(H,20,21)(H,24,25);1-4H;3H2,1-2H3. The Morgan fingerprint density at radius 2 is 2.15 bits per heavy atom. The number of benzene rings is 1. The van der Waals surface area contributed by atoms with E-state index in [9.17, 15) is 18.4 Å². The van der Waals surface area contributed by atoms with Crippen LogP contribution in [0, 0.1) is 11.7 Å². The van der Waals surface area contributed by atoms with Gasteiger partial charge in [-0.25, -0.2) is 18.6 Å². The number of amidine groups is 1. The molecule has 4 rings (SSSR count). The summed E-state index contributed by atoms with van der Waals surface area (Å²) in [6.45, 7) is 4.07. The van der Waals surface area contributed by atoms with Gasteiger partial charge in [0.2, 0.25) is 0 Å². The second kappa shape index (κ2) is 17.9. The summed E-state index contributed by atoms with van der Waals surface area (Å²) in [4.78, 5) is 32.4. The molecule has 3 heterocycles. The monoisotopic (exact) mass is 630 g/mol. The second-order valence-electron chi connectivity index (χ2n) is 8.57. The Morgan fingerprint density at radius 3 is 2.72 bits per heavy atom. The van der Waals surface area contributed by atoms with Crippen LogP contribution in [0.2, 0.25) is 0 Å². The van der Waals surface area contributed by atoms with E-state index < -0.39 is 12.1 Å². The fourth-order valence-electron chi connectivity index (χ4n) is 3.71. The molecule has 2 aromatic rings. The third kappa shape index (κ3) is 12.4. The van der Waals surface area contributed by atoms with Gasteiger partial charge in [-0.3, -0.25) is 14.7 Å². The maximum Gasteiger partial charge on any atom is 0.329 e. The molecule has 2 unspecified atom stereocenters. The Hall–Kier alpha value is -2.58. The number of ether oxygens (including phenoxy) is 2.